The van der Waals surface area contributed by atoms with E-state index < -0.39 is 5.54 Å². The molecule has 6 heteroatoms. The highest BCUT2D eigenvalue weighted by Gasteiger charge is 2.32. The minimum Gasteiger partial charge on any atom is -0.468 e. The minimum atomic E-state index is -0.663. The number of thioether (sulfide) groups is 1. The lowest BCUT2D eigenvalue weighted by molar-refractivity contribution is -0.147. The number of aromatic nitrogens is 1. The summed E-state index contributed by atoms with van der Waals surface area (Å²) in [5.41, 5.74) is 0.195. The van der Waals surface area contributed by atoms with Gasteiger partial charge in [0.2, 0.25) is 0 Å². The maximum absolute atomic E-state index is 11.6. The Morgan fingerprint density at radius 1 is 1.71 bits per heavy atom. The Kier molecular flexibility index (Phi) is 5.02. The molecular formula is C11H18N2O3S. The molecule has 5 nitrogen and oxygen atoms in total. The topological polar surface area (TPSA) is 64.4 Å². The van der Waals surface area contributed by atoms with E-state index in [1.54, 1.807) is 13.3 Å². The normalized spacial score (nSPS) is 14.4. The predicted octanol–water partition coefficient (Wildman–Crippen LogP) is 1.62. The number of ether oxygens (including phenoxy) is 1. The first-order valence-electron chi connectivity index (χ1n) is 5.34. The number of carbonyl (C=O) groups is 1. The van der Waals surface area contributed by atoms with Crippen molar-refractivity contribution in [1.82, 2.24) is 10.3 Å². The second kappa shape index (κ2) is 6.07. The van der Waals surface area contributed by atoms with Crippen LogP contribution in [0.2, 0.25) is 0 Å². The minimum absolute atomic E-state index is 0.260. The number of nitrogens with zero attached hydrogens (tertiary/aromatic N) is 1. The lowest BCUT2D eigenvalue weighted by Crippen LogP contribution is -2.48. The van der Waals surface area contributed by atoms with Crippen molar-refractivity contribution in [1.29, 1.82) is 0 Å². The van der Waals surface area contributed by atoms with E-state index in [0.717, 1.165) is 11.4 Å². The Morgan fingerprint density at radius 3 is 2.88 bits per heavy atom. The second-order valence-corrected chi connectivity index (χ2v) is 4.97. The van der Waals surface area contributed by atoms with Crippen molar-refractivity contribution in [2.45, 2.75) is 31.0 Å². The van der Waals surface area contributed by atoms with E-state index in [1.165, 1.54) is 18.9 Å². The number of hydrogen-bond acceptors (Lipinski definition) is 6. The quantitative estimate of drug-likeness (QED) is 0.618. The number of hydrogen-bond donors (Lipinski definition) is 1. The largest absolute Gasteiger partial charge is 0.468 e. The van der Waals surface area contributed by atoms with Gasteiger partial charge in [-0.25, -0.2) is 4.98 Å². The van der Waals surface area contributed by atoms with Crippen molar-refractivity contribution in [2.75, 3.05) is 19.9 Å². The van der Waals surface area contributed by atoms with Gasteiger partial charge in [-0.3, -0.25) is 4.79 Å². The van der Waals surface area contributed by atoms with E-state index in [0.29, 0.717) is 11.6 Å². The van der Waals surface area contributed by atoms with Crippen LogP contribution in [0.4, 0.5) is 0 Å². The van der Waals surface area contributed by atoms with Crippen LogP contribution in [0, 0.1) is 6.92 Å². The number of rotatable bonds is 6. The molecule has 0 saturated carbocycles. The molecule has 1 N–H and O–H groups in total. The Morgan fingerprint density at radius 2 is 2.41 bits per heavy atom. The molecule has 1 aromatic rings. The molecule has 0 aromatic carbocycles. The number of likely N-dealkylation sites (N-methyl/N-ethyl adjacent to an activating group) is 1. The fraction of sp³-hybridized carbons (Fsp3) is 0.636. The molecule has 0 radical (unpaired) electrons. The number of methoxy groups -OCH3 is 1. The third-order valence-electron chi connectivity index (χ3n) is 2.61. The van der Waals surface area contributed by atoms with Crippen LogP contribution < -0.4 is 5.32 Å². The van der Waals surface area contributed by atoms with Crippen LogP contribution in [-0.4, -0.2) is 36.4 Å². The van der Waals surface area contributed by atoms with E-state index in [2.05, 4.69) is 10.3 Å². The van der Waals surface area contributed by atoms with Crippen LogP contribution >= 0.6 is 11.8 Å². The van der Waals surface area contributed by atoms with E-state index in [-0.39, 0.29) is 5.97 Å². The number of carbonyl (C=O) groups excluding carboxylic acids is 1. The lowest BCUT2D eigenvalue weighted by atomic mass is 10.00. The van der Waals surface area contributed by atoms with Gasteiger partial charge in [0, 0.05) is 5.75 Å². The fourth-order valence-corrected chi connectivity index (χ4v) is 2.31. The summed E-state index contributed by atoms with van der Waals surface area (Å²) >= 11 is 1.49. The zero-order valence-corrected chi connectivity index (χ0v) is 11.4. The average Bonchev–Trinajstić information content (AvgIpc) is 2.73. The molecule has 1 heterocycles. The van der Waals surface area contributed by atoms with E-state index in [9.17, 15) is 4.79 Å². The van der Waals surface area contributed by atoms with Crippen LogP contribution in [0.1, 0.15) is 19.0 Å². The van der Waals surface area contributed by atoms with Gasteiger partial charge in [0.1, 0.15) is 11.8 Å². The van der Waals surface area contributed by atoms with Gasteiger partial charge in [0.05, 0.1) is 12.8 Å². The van der Waals surface area contributed by atoms with E-state index >= 15 is 0 Å². The standard InChI is InChI=1S/C11H18N2O3S/c1-8-7-16-10(13-8)17-6-5-11(2,12-3)9(14)15-4/h7,12H,5-6H2,1-4H3. The van der Waals surface area contributed by atoms with Gasteiger partial charge < -0.3 is 14.5 Å². The molecule has 0 aliphatic heterocycles. The number of esters is 1. The Labute approximate surface area is 105 Å². The molecule has 0 amide bonds. The molecule has 0 aliphatic rings. The van der Waals surface area contributed by atoms with Crippen molar-refractivity contribution in [3.63, 3.8) is 0 Å². The van der Waals surface area contributed by atoms with Gasteiger partial charge in [0.25, 0.3) is 5.22 Å². The van der Waals surface area contributed by atoms with Gasteiger partial charge in [-0.2, -0.15) is 0 Å². The first kappa shape index (κ1) is 14.1. The molecule has 96 valence electrons. The molecule has 17 heavy (non-hydrogen) atoms. The molecule has 1 unspecified atom stereocenters. The van der Waals surface area contributed by atoms with Crippen LogP contribution in [0.3, 0.4) is 0 Å². The number of aryl methyl sites for hydroxylation is 1. The summed E-state index contributed by atoms with van der Waals surface area (Å²) in [6, 6.07) is 0. The summed E-state index contributed by atoms with van der Waals surface area (Å²) in [6.07, 6.45) is 2.25. The van der Waals surface area contributed by atoms with Gasteiger partial charge in [0.15, 0.2) is 0 Å². The summed E-state index contributed by atoms with van der Waals surface area (Å²) in [6.45, 7) is 3.69. The SMILES string of the molecule is CNC(C)(CCSc1nc(C)co1)C(=O)OC. The summed E-state index contributed by atoms with van der Waals surface area (Å²) in [7, 11) is 3.14. The lowest BCUT2D eigenvalue weighted by Gasteiger charge is -2.25. The number of nitrogens with one attached hydrogen (secondary N) is 1. The van der Waals surface area contributed by atoms with Crippen molar-refractivity contribution in [2.24, 2.45) is 0 Å². The molecule has 0 aliphatic carbocycles. The first-order chi connectivity index (χ1) is 8.01. The second-order valence-electron chi connectivity index (χ2n) is 3.93. The van der Waals surface area contributed by atoms with Gasteiger partial charge in [-0.15, -0.1) is 0 Å². The van der Waals surface area contributed by atoms with Crippen LogP contribution in [0.5, 0.6) is 0 Å². The van der Waals surface area contributed by atoms with Gasteiger partial charge in [-0.1, -0.05) is 11.8 Å². The van der Waals surface area contributed by atoms with Crippen molar-refractivity contribution in [3.05, 3.63) is 12.0 Å². The van der Waals surface area contributed by atoms with Gasteiger partial charge in [-0.05, 0) is 27.3 Å². The van der Waals surface area contributed by atoms with Crippen LogP contribution in [-0.2, 0) is 9.53 Å². The molecule has 1 rings (SSSR count). The molecule has 0 spiro atoms. The van der Waals surface area contributed by atoms with Gasteiger partial charge >= 0.3 is 5.97 Å². The fourth-order valence-electron chi connectivity index (χ4n) is 1.30. The zero-order valence-electron chi connectivity index (χ0n) is 10.6. The molecule has 0 bridgehead atoms. The van der Waals surface area contributed by atoms with Crippen molar-refractivity contribution < 1.29 is 13.9 Å². The third-order valence-corrected chi connectivity index (χ3v) is 3.46. The number of oxazole rings is 1. The molecule has 0 saturated heterocycles. The monoisotopic (exact) mass is 258 g/mol. The molecule has 0 fully saturated rings. The maximum Gasteiger partial charge on any atom is 0.325 e. The van der Waals surface area contributed by atoms with Crippen LogP contribution in [0.25, 0.3) is 0 Å². The summed E-state index contributed by atoms with van der Waals surface area (Å²) in [5, 5.41) is 3.61. The highest BCUT2D eigenvalue weighted by molar-refractivity contribution is 7.99. The van der Waals surface area contributed by atoms with Crippen molar-refractivity contribution >= 4 is 17.7 Å². The molecular weight excluding hydrogens is 240 g/mol. The highest BCUT2D eigenvalue weighted by atomic mass is 32.2. The zero-order chi connectivity index (χ0) is 12.9. The summed E-state index contributed by atoms with van der Waals surface area (Å²) in [5.74, 6) is 0.469. The maximum atomic E-state index is 11.6. The molecule has 1 atom stereocenters. The summed E-state index contributed by atoms with van der Waals surface area (Å²) in [4.78, 5) is 15.8. The van der Waals surface area contributed by atoms with E-state index in [4.69, 9.17) is 9.15 Å². The Balaban J connectivity index is 2.46. The summed E-state index contributed by atoms with van der Waals surface area (Å²) < 4.78 is 9.98. The Bertz CT molecular complexity index is 381. The predicted molar refractivity (Wildman–Crippen MR) is 66.1 cm³/mol. The third kappa shape index (κ3) is 3.74. The van der Waals surface area contributed by atoms with E-state index in [1.807, 2.05) is 13.8 Å². The van der Waals surface area contributed by atoms with Crippen LogP contribution in [0.15, 0.2) is 15.9 Å². The smallest absolute Gasteiger partial charge is 0.325 e. The molecule has 1 aromatic heterocycles. The average molecular weight is 258 g/mol. The van der Waals surface area contributed by atoms with Crippen molar-refractivity contribution in [3.8, 4) is 0 Å². The first-order valence-corrected chi connectivity index (χ1v) is 6.32. The Hall–Kier alpha value is -1.01. The highest BCUT2D eigenvalue weighted by Crippen LogP contribution is 2.21.